The van der Waals surface area contributed by atoms with Crippen LogP contribution in [0.3, 0.4) is 0 Å². The summed E-state index contributed by atoms with van der Waals surface area (Å²) in [5.41, 5.74) is 1.93. The predicted molar refractivity (Wildman–Crippen MR) is 120 cm³/mol. The third-order valence-electron chi connectivity index (χ3n) is 4.92. The molecule has 2 aromatic heterocycles. The molecular weight excluding hydrogens is 415 g/mol. The number of thiazole rings is 1. The van der Waals surface area contributed by atoms with Crippen LogP contribution in [0, 0.1) is 12.8 Å². The molecule has 1 fully saturated rings. The van der Waals surface area contributed by atoms with E-state index in [2.05, 4.69) is 36.3 Å². The Morgan fingerprint density at radius 1 is 1.26 bits per heavy atom. The van der Waals surface area contributed by atoms with Crippen LogP contribution in [0.25, 0.3) is 11.3 Å². The van der Waals surface area contributed by atoms with Crippen molar-refractivity contribution < 1.29 is 0 Å². The Labute approximate surface area is 178 Å². The fourth-order valence-corrected chi connectivity index (χ4v) is 5.96. The van der Waals surface area contributed by atoms with Crippen molar-refractivity contribution in [2.24, 2.45) is 5.92 Å². The van der Waals surface area contributed by atoms with Crippen molar-refractivity contribution in [3.63, 3.8) is 0 Å². The lowest BCUT2D eigenvalue weighted by molar-refractivity contribution is 0.560. The summed E-state index contributed by atoms with van der Waals surface area (Å²) in [5, 5.41) is 4.58. The molecule has 0 saturated heterocycles. The molecule has 6 heteroatoms. The van der Waals surface area contributed by atoms with Crippen molar-refractivity contribution in [1.29, 1.82) is 0 Å². The van der Waals surface area contributed by atoms with Gasteiger partial charge in [-0.05, 0) is 61.7 Å². The fraction of sp³-hybridized carbons (Fsp3) is 0.381. The zero-order chi connectivity index (χ0) is 19.0. The summed E-state index contributed by atoms with van der Waals surface area (Å²) in [6.07, 6.45) is 3.72. The second-order valence-electron chi connectivity index (χ2n) is 7.02. The zero-order valence-electron chi connectivity index (χ0n) is 15.4. The molecule has 1 saturated carbocycles. The first-order chi connectivity index (χ1) is 13.1. The van der Waals surface area contributed by atoms with Crippen LogP contribution < -0.4 is 4.90 Å². The third-order valence-corrected chi connectivity index (χ3v) is 7.42. The highest BCUT2D eigenvalue weighted by Gasteiger charge is 2.38. The maximum atomic E-state index is 6.46. The van der Waals surface area contributed by atoms with Crippen LogP contribution >= 0.6 is 45.9 Å². The van der Waals surface area contributed by atoms with Crippen molar-refractivity contribution in [1.82, 2.24) is 4.98 Å². The van der Waals surface area contributed by atoms with Crippen molar-refractivity contribution in [2.75, 3.05) is 11.4 Å². The standard InChI is InChI=1S/C21H22Cl2N2S2/c1-3-10-25(20(14-6-7-14)18-5-4-11-26-18)21-24-19(13(2)27-21)16-9-8-15(22)12-17(16)23/h4-5,8-9,11-12,14,20H,3,6-7,10H2,1-2H3. The molecule has 0 spiro atoms. The topological polar surface area (TPSA) is 16.1 Å². The van der Waals surface area contributed by atoms with Gasteiger partial charge in [0.05, 0.1) is 16.8 Å². The summed E-state index contributed by atoms with van der Waals surface area (Å²) in [6.45, 7) is 5.38. The van der Waals surface area contributed by atoms with E-state index in [9.17, 15) is 0 Å². The van der Waals surface area contributed by atoms with Gasteiger partial charge in [-0.15, -0.1) is 22.7 Å². The molecule has 0 radical (unpaired) electrons. The highest BCUT2D eigenvalue weighted by Crippen LogP contribution is 2.48. The zero-order valence-corrected chi connectivity index (χ0v) is 18.6. The Bertz CT molecular complexity index is 916. The second-order valence-corrected chi connectivity index (χ2v) is 10.0. The number of nitrogens with zero attached hydrogens (tertiary/aromatic N) is 2. The van der Waals surface area contributed by atoms with Crippen LogP contribution in [0.2, 0.25) is 10.0 Å². The molecule has 1 atom stereocenters. The second kappa shape index (κ2) is 8.12. The van der Waals surface area contributed by atoms with Gasteiger partial charge < -0.3 is 4.90 Å². The van der Waals surface area contributed by atoms with Crippen LogP contribution in [0.4, 0.5) is 5.13 Å². The molecule has 1 unspecified atom stereocenters. The number of hydrogen-bond acceptors (Lipinski definition) is 4. The molecule has 27 heavy (non-hydrogen) atoms. The molecule has 0 aliphatic heterocycles. The van der Waals surface area contributed by atoms with Gasteiger partial charge in [0, 0.05) is 26.9 Å². The number of hydrogen-bond donors (Lipinski definition) is 0. The first kappa shape index (κ1) is 19.3. The van der Waals surface area contributed by atoms with E-state index in [0.717, 1.165) is 35.3 Å². The van der Waals surface area contributed by atoms with Crippen LogP contribution in [-0.2, 0) is 0 Å². The van der Waals surface area contributed by atoms with E-state index in [0.29, 0.717) is 16.1 Å². The van der Waals surface area contributed by atoms with Crippen molar-refractivity contribution in [2.45, 2.75) is 39.2 Å². The minimum absolute atomic E-state index is 0.434. The van der Waals surface area contributed by atoms with Gasteiger partial charge in [-0.2, -0.15) is 0 Å². The Morgan fingerprint density at radius 2 is 2.07 bits per heavy atom. The Morgan fingerprint density at radius 3 is 2.70 bits per heavy atom. The van der Waals surface area contributed by atoms with E-state index in [1.165, 1.54) is 22.6 Å². The van der Waals surface area contributed by atoms with Crippen molar-refractivity contribution in [3.8, 4) is 11.3 Å². The molecule has 1 aliphatic rings. The van der Waals surface area contributed by atoms with Crippen molar-refractivity contribution in [3.05, 3.63) is 55.5 Å². The number of thiophene rings is 1. The summed E-state index contributed by atoms with van der Waals surface area (Å²) in [6, 6.07) is 10.5. The van der Waals surface area contributed by atoms with E-state index in [1.807, 2.05) is 23.5 Å². The first-order valence-electron chi connectivity index (χ1n) is 9.31. The highest BCUT2D eigenvalue weighted by molar-refractivity contribution is 7.16. The quantitative estimate of drug-likeness (QED) is 0.374. The minimum Gasteiger partial charge on any atom is -0.340 e. The van der Waals surface area contributed by atoms with Gasteiger partial charge in [0.1, 0.15) is 0 Å². The fourth-order valence-electron chi connectivity index (χ4n) is 3.54. The largest absolute Gasteiger partial charge is 0.340 e. The third kappa shape index (κ3) is 4.04. The van der Waals surface area contributed by atoms with Crippen LogP contribution in [0.15, 0.2) is 35.7 Å². The average Bonchev–Trinajstić information content (AvgIpc) is 3.17. The lowest BCUT2D eigenvalue weighted by Gasteiger charge is -2.31. The smallest absolute Gasteiger partial charge is 0.186 e. The molecule has 1 aromatic carbocycles. The Kier molecular flexibility index (Phi) is 5.79. The van der Waals surface area contributed by atoms with Crippen molar-refractivity contribution >= 4 is 51.0 Å². The van der Waals surface area contributed by atoms with E-state index < -0.39 is 0 Å². The number of anilines is 1. The molecule has 0 N–H and O–H groups in total. The number of halogens is 2. The Balaban J connectivity index is 1.73. The van der Waals surface area contributed by atoms with E-state index in [4.69, 9.17) is 28.2 Å². The number of rotatable bonds is 7. The number of benzene rings is 1. The molecule has 142 valence electrons. The molecular formula is C21H22Cl2N2S2. The summed E-state index contributed by atoms with van der Waals surface area (Å²) < 4.78 is 0. The van der Waals surface area contributed by atoms with Crippen LogP contribution in [-0.4, -0.2) is 11.5 Å². The lowest BCUT2D eigenvalue weighted by atomic mass is 10.1. The summed E-state index contributed by atoms with van der Waals surface area (Å²) in [7, 11) is 0. The van der Waals surface area contributed by atoms with Gasteiger partial charge in [-0.25, -0.2) is 4.98 Å². The van der Waals surface area contributed by atoms with Gasteiger partial charge in [0.15, 0.2) is 5.13 Å². The van der Waals surface area contributed by atoms with E-state index in [1.54, 1.807) is 17.4 Å². The van der Waals surface area contributed by atoms with Gasteiger partial charge in [-0.1, -0.05) is 36.2 Å². The normalized spacial score (nSPS) is 15.1. The number of aryl methyl sites for hydroxylation is 1. The highest BCUT2D eigenvalue weighted by atomic mass is 35.5. The van der Waals surface area contributed by atoms with Gasteiger partial charge in [0.25, 0.3) is 0 Å². The maximum absolute atomic E-state index is 6.46. The first-order valence-corrected chi connectivity index (χ1v) is 11.8. The Hall–Kier alpha value is -1.07. The summed E-state index contributed by atoms with van der Waals surface area (Å²) in [5.74, 6) is 0.738. The molecule has 4 rings (SSSR count). The molecule has 2 nitrogen and oxygen atoms in total. The van der Waals surface area contributed by atoms with Gasteiger partial charge in [-0.3, -0.25) is 0 Å². The SMILES string of the molecule is CCCN(c1nc(-c2ccc(Cl)cc2Cl)c(C)s1)C(c1cccs1)C1CC1. The lowest BCUT2D eigenvalue weighted by Crippen LogP contribution is -2.30. The van der Waals surface area contributed by atoms with E-state index >= 15 is 0 Å². The maximum Gasteiger partial charge on any atom is 0.186 e. The molecule has 2 heterocycles. The molecule has 1 aliphatic carbocycles. The van der Waals surface area contributed by atoms with Crippen LogP contribution in [0.5, 0.6) is 0 Å². The summed E-state index contributed by atoms with van der Waals surface area (Å²) in [4.78, 5) is 10.2. The van der Waals surface area contributed by atoms with Gasteiger partial charge >= 0.3 is 0 Å². The average molecular weight is 437 g/mol. The minimum atomic E-state index is 0.434. The molecule has 0 bridgehead atoms. The molecule has 3 aromatic rings. The predicted octanol–water partition coefficient (Wildman–Crippen LogP) is 7.85. The summed E-state index contributed by atoms with van der Waals surface area (Å²) >= 11 is 16.2. The number of aromatic nitrogens is 1. The molecule has 0 amide bonds. The van der Waals surface area contributed by atoms with Gasteiger partial charge in [0.2, 0.25) is 0 Å². The van der Waals surface area contributed by atoms with Crippen LogP contribution in [0.1, 0.15) is 42.0 Å². The monoisotopic (exact) mass is 436 g/mol. The van der Waals surface area contributed by atoms with E-state index in [-0.39, 0.29) is 0 Å².